The number of rotatable bonds is 5. The number of fused-ring (bicyclic) bond motifs is 10. The predicted molar refractivity (Wildman–Crippen MR) is 250 cm³/mol. The van der Waals surface area contributed by atoms with Gasteiger partial charge in [-0.3, -0.25) is 0 Å². The molecule has 0 fully saturated rings. The van der Waals surface area contributed by atoms with Crippen molar-refractivity contribution >= 4 is 76.3 Å². The van der Waals surface area contributed by atoms with Crippen molar-refractivity contribution in [3.8, 4) is 45.5 Å². The summed E-state index contributed by atoms with van der Waals surface area (Å²) in [7, 11) is 0. The average Bonchev–Trinajstić information content (AvgIpc) is 3.98. The van der Waals surface area contributed by atoms with E-state index in [0.717, 1.165) is 99.0 Å². The van der Waals surface area contributed by atoms with Crippen molar-refractivity contribution in [2.75, 3.05) is 0 Å². The first-order chi connectivity index (χ1) is 30.3. The number of hydrogen-bond acceptors (Lipinski definition) is 4. The van der Waals surface area contributed by atoms with Crippen molar-refractivity contribution in [2.24, 2.45) is 0 Å². The molecule has 0 aliphatic rings. The molecule has 6 nitrogen and oxygen atoms in total. The van der Waals surface area contributed by atoms with Crippen molar-refractivity contribution in [3.63, 3.8) is 0 Å². The summed E-state index contributed by atoms with van der Waals surface area (Å²) >= 11 is 0. The second-order valence-corrected chi connectivity index (χ2v) is 15.6. The Kier molecular flexibility index (Phi) is 7.21. The zero-order valence-electron chi connectivity index (χ0n) is 32.7. The van der Waals surface area contributed by atoms with Gasteiger partial charge in [0.25, 0.3) is 0 Å². The third-order valence-electron chi connectivity index (χ3n) is 12.1. The van der Waals surface area contributed by atoms with Crippen molar-refractivity contribution in [1.82, 2.24) is 24.1 Å². The molecular formula is C55H33N5O. The van der Waals surface area contributed by atoms with Gasteiger partial charge in [0.15, 0.2) is 23.1 Å². The first-order valence-electron chi connectivity index (χ1n) is 20.5. The van der Waals surface area contributed by atoms with Gasteiger partial charge < -0.3 is 13.6 Å². The molecule has 0 amide bonds. The Morgan fingerprint density at radius 1 is 0.361 bits per heavy atom. The lowest BCUT2D eigenvalue weighted by Crippen LogP contribution is -2.04. The minimum atomic E-state index is 0.553. The first kappa shape index (κ1) is 33.6. The topological polar surface area (TPSA) is 61.7 Å². The molecule has 0 saturated heterocycles. The largest absolute Gasteiger partial charge is 0.454 e. The second kappa shape index (κ2) is 13.1. The molecule has 284 valence electrons. The van der Waals surface area contributed by atoms with Crippen LogP contribution in [0.1, 0.15) is 0 Å². The molecular weight excluding hydrogens is 747 g/mol. The molecule has 4 heterocycles. The van der Waals surface area contributed by atoms with E-state index >= 15 is 0 Å². The van der Waals surface area contributed by atoms with Crippen LogP contribution in [-0.4, -0.2) is 24.1 Å². The maximum atomic E-state index is 6.94. The monoisotopic (exact) mass is 779 g/mol. The molecule has 61 heavy (non-hydrogen) atoms. The molecule has 13 aromatic rings. The van der Waals surface area contributed by atoms with E-state index in [-0.39, 0.29) is 0 Å². The van der Waals surface area contributed by atoms with Crippen LogP contribution >= 0.6 is 0 Å². The first-order valence-corrected chi connectivity index (χ1v) is 20.5. The molecule has 0 N–H and O–H groups in total. The van der Waals surface area contributed by atoms with E-state index in [1.165, 1.54) is 5.39 Å². The van der Waals surface area contributed by atoms with Crippen LogP contribution in [0.4, 0.5) is 0 Å². The summed E-state index contributed by atoms with van der Waals surface area (Å²) in [5.74, 6) is 1.74. The lowest BCUT2D eigenvalue weighted by molar-refractivity contribution is 0.666. The second-order valence-electron chi connectivity index (χ2n) is 15.6. The Morgan fingerprint density at radius 3 is 1.77 bits per heavy atom. The maximum absolute atomic E-state index is 6.94. The van der Waals surface area contributed by atoms with Crippen molar-refractivity contribution in [1.29, 1.82) is 0 Å². The minimum Gasteiger partial charge on any atom is -0.454 e. The van der Waals surface area contributed by atoms with E-state index < -0.39 is 0 Å². The smallest absolute Gasteiger partial charge is 0.166 e. The van der Waals surface area contributed by atoms with Crippen molar-refractivity contribution in [2.45, 2.75) is 0 Å². The molecule has 4 aromatic heterocycles. The molecule has 0 saturated carbocycles. The van der Waals surface area contributed by atoms with Crippen LogP contribution in [0, 0.1) is 0 Å². The van der Waals surface area contributed by atoms with Crippen LogP contribution in [0.2, 0.25) is 0 Å². The van der Waals surface area contributed by atoms with Gasteiger partial charge in [0.2, 0.25) is 0 Å². The Bertz CT molecular complexity index is 3880. The van der Waals surface area contributed by atoms with Gasteiger partial charge in [-0.25, -0.2) is 15.0 Å². The Hall–Kier alpha value is -8.35. The van der Waals surface area contributed by atoms with Crippen LogP contribution in [-0.2, 0) is 0 Å². The van der Waals surface area contributed by atoms with Gasteiger partial charge in [-0.05, 0) is 71.4 Å². The summed E-state index contributed by atoms with van der Waals surface area (Å²) in [6.45, 7) is 0. The molecule has 0 aliphatic carbocycles. The SMILES string of the molecule is c1ccc(-c2nc(-c3ccc4c(oc5ccccc54)c3-n3c4ccccc4c4cc5ccccc5cc43)nc(-c3cccc4c3c3ccccc3n4-c3ccccc3)n2)cc1. The molecule has 13 rings (SSSR count). The van der Waals surface area contributed by atoms with E-state index in [1.807, 2.05) is 30.3 Å². The number of nitrogens with zero attached hydrogens (tertiary/aromatic N) is 5. The summed E-state index contributed by atoms with van der Waals surface area (Å²) in [6.07, 6.45) is 0. The van der Waals surface area contributed by atoms with Crippen LogP contribution in [0.15, 0.2) is 205 Å². The normalized spacial score (nSPS) is 11.9. The van der Waals surface area contributed by atoms with Gasteiger partial charge in [-0.1, -0.05) is 140 Å². The quantitative estimate of drug-likeness (QED) is 0.175. The van der Waals surface area contributed by atoms with Crippen LogP contribution in [0.5, 0.6) is 0 Å². The predicted octanol–water partition coefficient (Wildman–Crippen LogP) is 14.1. The Labute approximate surface area is 349 Å². The average molecular weight is 780 g/mol. The summed E-state index contributed by atoms with van der Waals surface area (Å²) in [6, 6.07) is 70.1. The van der Waals surface area contributed by atoms with E-state index in [9.17, 15) is 0 Å². The van der Waals surface area contributed by atoms with Crippen molar-refractivity contribution in [3.05, 3.63) is 200 Å². The van der Waals surface area contributed by atoms with E-state index in [1.54, 1.807) is 0 Å². The van der Waals surface area contributed by atoms with E-state index in [4.69, 9.17) is 19.4 Å². The van der Waals surface area contributed by atoms with Crippen LogP contribution in [0.3, 0.4) is 0 Å². The number of aromatic nitrogens is 5. The fourth-order valence-corrected chi connectivity index (χ4v) is 9.47. The van der Waals surface area contributed by atoms with Gasteiger partial charge in [0.1, 0.15) is 11.3 Å². The molecule has 0 radical (unpaired) electrons. The van der Waals surface area contributed by atoms with Gasteiger partial charge in [-0.15, -0.1) is 0 Å². The summed E-state index contributed by atoms with van der Waals surface area (Å²) in [5, 5.41) is 8.96. The molecule has 6 heteroatoms. The molecule has 0 bridgehead atoms. The van der Waals surface area contributed by atoms with E-state index in [2.05, 4.69) is 179 Å². The number of hydrogen-bond donors (Lipinski definition) is 0. The number of furan rings is 1. The Balaban J connectivity index is 1.16. The zero-order chi connectivity index (χ0) is 40.0. The fraction of sp³-hybridized carbons (Fsp3) is 0. The van der Waals surface area contributed by atoms with Crippen molar-refractivity contribution < 1.29 is 4.42 Å². The van der Waals surface area contributed by atoms with E-state index in [0.29, 0.717) is 17.5 Å². The highest BCUT2D eigenvalue weighted by molar-refractivity contribution is 6.18. The van der Waals surface area contributed by atoms with Gasteiger partial charge in [-0.2, -0.15) is 0 Å². The fourth-order valence-electron chi connectivity index (χ4n) is 9.47. The highest BCUT2D eigenvalue weighted by Crippen LogP contribution is 2.44. The van der Waals surface area contributed by atoms with Crippen LogP contribution in [0.25, 0.3) is 122 Å². The highest BCUT2D eigenvalue weighted by Gasteiger charge is 2.25. The molecule has 9 aromatic carbocycles. The minimum absolute atomic E-state index is 0.553. The van der Waals surface area contributed by atoms with Gasteiger partial charge in [0, 0.05) is 54.7 Å². The highest BCUT2D eigenvalue weighted by atomic mass is 16.3. The molecule has 0 atom stereocenters. The summed E-state index contributed by atoms with van der Waals surface area (Å²) in [5.41, 5.74) is 10.6. The van der Waals surface area contributed by atoms with Gasteiger partial charge >= 0.3 is 0 Å². The van der Waals surface area contributed by atoms with Gasteiger partial charge in [0.05, 0.1) is 22.1 Å². The molecule has 0 unspecified atom stereocenters. The summed E-state index contributed by atoms with van der Waals surface area (Å²) < 4.78 is 11.6. The standard InChI is InChI=1S/C55H33N5O/c1-3-16-34(17-4-1)53-56-54(42-25-15-28-47-50(42)41-24-10-13-27-46(41)59(47)37-20-5-2-6-21-37)58-55(57-53)43-31-30-40-39-23-11-14-29-49(39)61-52(40)51(43)60-45-26-12-9-22-38(45)44-32-35-18-7-8-19-36(35)33-48(44)60/h1-33H. The molecule has 0 aliphatic heterocycles. The third kappa shape index (κ3) is 5.06. The third-order valence-corrected chi connectivity index (χ3v) is 12.1. The zero-order valence-corrected chi connectivity index (χ0v) is 32.7. The lowest BCUT2D eigenvalue weighted by Gasteiger charge is -2.16. The maximum Gasteiger partial charge on any atom is 0.166 e. The number of benzene rings is 9. The Morgan fingerprint density at radius 2 is 0.967 bits per heavy atom. The lowest BCUT2D eigenvalue weighted by atomic mass is 10.0. The van der Waals surface area contributed by atoms with Crippen LogP contribution < -0.4 is 0 Å². The molecule has 0 spiro atoms. The number of para-hydroxylation sites is 4. The summed E-state index contributed by atoms with van der Waals surface area (Å²) in [4.78, 5) is 16.1.